The lowest BCUT2D eigenvalue weighted by molar-refractivity contribution is -0.384. The van der Waals surface area contributed by atoms with Crippen molar-refractivity contribution in [3.8, 4) is 17.1 Å². The molecule has 2 aromatic heterocycles. The number of hydrogen-bond acceptors (Lipinski definition) is 8. The first-order valence-corrected chi connectivity index (χ1v) is 14.0. The van der Waals surface area contributed by atoms with Crippen molar-refractivity contribution in [2.75, 3.05) is 23.0 Å². The average molecular weight is 566 g/mol. The Hall–Kier alpha value is -4.49. The van der Waals surface area contributed by atoms with Gasteiger partial charge in [0.1, 0.15) is 23.3 Å². The molecular formula is C26H23N5O6S2. The molecule has 200 valence electrons. The highest BCUT2D eigenvalue weighted by Gasteiger charge is 2.43. The van der Waals surface area contributed by atoms with Crippen molar-refractivity contribution in [1.29, 1.82) is 0 Å². The number of nitro benzene ring substituents is 1. The molecule has 2 N–H and O–H groups in total. The summed E-state index contributed by atoms with van der Waals surface area (Å²) in [4.78, 5) is 17.5. The maximum Gasteiger partial charge on any atom is 0.280 e. The highest BCUT2D eigenvalue weighted by Crippen LogP contribution is 2.45. The number of nitro groups is 1. The molecule has 0 amide bonds. The molecule has 0 saturated carbocycles. The van der Waals surface area contributed by atoms with Gasteiger partial charge in [-0.2, -0.15) is 0 Å². The molecular weight excluding hydrogens is 542 g/mol. The van der Waals surface area contributed by atoms with Crippen LogP contribution >= 0.6 is 12.2 Å². The Morgan fingerprint density at radius 2 is 1.90 bits per heavy atom. The minimum atomic E-state index is -3.60. The number of hydrogen-bond donors (Lipinski definition) is 2. The van der Waals surface area contributed by atoms with Crippen LogP contribution in [-0.2, 0) is 10.0 Å². The van der Waals surface area contributed by atoms with E-state index in [0.717, 1.165) is 6.26 Å². The molecule has 1 aliphatic heterocycles. The molecule has 13 heteroatoms. The zero-order valence-corrected chi connectivity index (χ0v) is 22.4. The Morgan fingerprint density at radius 3 is 2.59 bits per heavy atom. The Bertz CT molecular complexity index is 1660. The number of aromatic nitrogens is 1. The van der Waals surface area contributed by atoms with Crippen LogP contribution in [0.5, 0.6) is 5.75 Å². The van der Waals surface area contributed by atoms with Gasteiger partial charge in [-0.1, -0.05) is 18.2 Å². The van der Waals surface area contributed by atoms with Crippen molar-refractivity contribution in [2.24, 2.45) is 0 Å². The van der Waals surface area contributed by atoms with E-state index in [2.05, 4.69) is 15.0 Å². The lowest BCUT2D eigenvalue weighted by atomic mass is 10.0. The van der Waals surface area contributed by atoms with Gasteiger partial charge in [0.15, 0.2) is 5.11 Å². The molecule has 2 aromatic carbocycles. The van der Waals surface area contributed by atoms with Gasteiger partial charge in [0.05, 0.1) is 41.3 Å². The zero-order valence-electron chi connectivity index (χ0n) is 20.8. The SMILES string of the molecule is COc1ccc(N2C(=S)N[C@H](c3ccccn3)[C@@H]2c2ccc(-c3ccccc3[N+](=O)[O-])o2)cc1NS(C)(=O)=O. The van der Waals surface area contributed by atoms with Gasteiger partial charge in [0.25, 0.3) is 5.69 Å². The van der Waals surface area contributed by atoms with Crippen LogP contribution in [0.25, 0.3) is 11.3 Å². The number of methoxy groups -OCH3 is 1. The highest BCUT2D eigenvalue weighted by atomic mass is 32.2. The van der Waals surface area contributed by atoms with E-state index < -0.39 is 27.0 Å². The van der Waals surface area contributed by atoms with E-state index in [1.54, 1.807) is 65.7 Å². The molecule has 39 heavy (non-hydrogen) atoms. The van der Waals surface area contributed by atoms with Crippen molar-refractivity contribution >= 4 is 44.4 Å². The molecule has 1 fully saturated rings. The number of rotatable bonds is 8. The van der Waals surface area contributed by atoms with Gasteiger partial charge in [0.2, 0.25) is 10.0 Å². The van der Waals surface area contributed by atoms with Crippen molar-refractivity contribution in [3.63, 3.8) is 0 Å². The number of nitrogens with zero attached hydrogens (tertiary/aromatic N) is 3. The molecule has 2 atom stereocenters. The van der Waals surface area contributed by atoms with Crippen LogP contribution in [0.4, 0.5) is 17.1 Å². The Kier molecular flexibility index (Phi) is 6.93. The number of nitrogens with one attached hydrogen (secondary N) is 2. The third-order valence-electron chi connectivity index (χ3n) is 6.14. The first kappa shape index (κ1) is 26.1. The van der Waals surface area contributed by atoms with Gasteiger partial charge in [-0.25, -0.2) is 8.42 Å². The Morgan fingerprint density at radius 1 is 1.13 bits per heavy atom. The summed E-state index contributed by atoms with van der Waals surface area (Å²) >= 11 is 5.73. The van der Waals surface area contributed by atoms with Gasteiger partial charge in [0, 0.05) is 18.0 Å². The molecule has 4 aromatic rings. The summed E-state index contributed by atoms with van der Waals surface area (Å²) in [5.41, 5.74) is 1.75. The maximum absolute atomic E-state index is 12.0. The van der Waals surface area contributed by atoms with E-state index in [4.69, 9.17) is 21.4 Å². The summed E-state index contributed by atoms with van der Waals surface area (Å²) in [6.07, 6.45) is 2.72. The van der Waals surface area contributed by atoms with Crippen molar-refractivity contribution < 1.29 is 22.5 Å². The normalized spacial score (nSPS) is 17.1. The fraction of sp³-hybridized carbons (Fsp3) is 0.154. The Balaban J connectivity index is 1.63. The van der Waals surface area contributed by atoms with E-state index in [-0.39, 0.29) is 11.4 Å². The quantitative estimate of drug-likeness (QED) is 0.174. The number of para-hydroxylation sites is 1. The topological polar surface area (TPSA) is 140 Å². The average Bonchev–Trinajstić information content (AvgIpc) is 3.53. The van der Waals surface area contributed by atoms with Gasteiger partial charge in [-0.3, -0.25) is 19.8 Å². The third kappa shape index (κ3) is 5.26. The van der Waals surface area contributed by atoms with Crippen molar-refractivity contribution in [2.45, 2.75) is 12.1 Å². The molecule has 0 unspecified atom stereocenters. The van der Waals surface area contributed by atoms with Crippen LogP contribution in [-0.4, -0.2) is 36.8 Å². The molecule has 0 radical (unpaired) electrons. The van der Waals surface area contributed by atoms with Gasteiger partial charge >= 0.3 is 0 Å². The number of sulfonamides is 1. The summed E-state index contributed by atoms with van der Waals surface area (Å²) in [6, 6.07) is 19.3. The number of ether oxygens (including phenoxy) is 1. The number of furan rings is 1. The molecule has 1 aliphatic rings. The first-order chi connectivity index (χ1) is 18.7. The lowest BCUT2D eigenvalue weighted by Crippen LogP contribution is -2.29. The second kappa shape index (κ2) is 10.3. The summed E-state index contributed by atoms with van der Waals surface area (Å²) in [5.74, 6) is 1.13. The summed E-state index contributed by atoms with van der Waals surface area (Å²) in [5, 5.41) is 15.3. The van der Waals surface area contributed by atoms with E-state index >= 15 is 0 Å². The fourth-order valence-corrected chi connectivity index (χ4v) is 5.45. The second-order valence-electron chi connectivity index (χ2n) is 8.73. The van der Waals surface area contributed by atoms with Crippen LogP contribution in [0.2, 0.25) is 0 Å². The minimum Gasteiger partial charge on any atom is -0.495 e. The Labute approximate surface area is 229 Å². The summed E-state index contributed by atoms with van der Waals surface area (Å²) in [6.45, 7) is 0. The van der Waals surface area contributed by atoms with E-state index in [0.29, 0.717) is 39.3 Å². The molecule has 11 nitrogen and oxygen atoms in total. The molecule has 5 rings (SSSR count). The molecule has 0 aliphatic carbocycles. The third-order valence-corrected chi connectivity index (χ3v) is 7.04. The molecule has 0 spiro atoms. The second-order valence-corrected chi connectivity index (χ2v) is 10.9. The number of anilines is 2. The maximum atomic E-state index is 12.0. The monoisotopic (exact) mass is 565 g/mol. The summed E-state index contributed by atoms with van der Waals surface area (Å²) < 4.78 is 38.1. The molecule has 0 bridgehead atoms. The fourth-order valence-electron chi connectivity index (χ4n) is 4.54. The van der Waals surface area contributed by atoms with Crippen LogP contribution in [0.1, 0.15) is 23.5 Å². The van der Waals surface area contributed by atoms with Crippen LogP contribution in [0.3, 0.4) is 0 Å². The smallest absolute Gasteiger partial charge is 0.280 e. The summed E-state index contributed by atoms with van der Waals surface area (Å²) in [7, 11) is -2.16. The van der Waals surface area contributed by atoms with Crippen molar-refractivity contribution in [3.05, 3.63) is 101 Å². The number of thiocarbonyl (C=S) groups is 1. The van der Waals surface area contributed by atoms with Gasteiger partial charge in [-0.15, -0.1) is 0 Å². The van der Waals surface area contributed by atoms with Crippen LogP contribution in [0, 0.1) is 10.1 Å². The number of pyridine rings is 1. The largest absolute Gasteiger partial charge is 0.495 e. The first-order valence-electron chi connectivity index (χ1n) is 11.7. The predicted octanol–water partition coefficient (Wildman–Crippen LogP) is 4.81. The van der Waals surface area contributed by atoms with Crippen molar-refractivity contribution in [1.82, 2.24) is 10.3 Å². The highest BCUT2D eigenvalue weighted by molar-refractivity contribution is 7.92. The van der Waals surface area contributed by atoms with Crippen LogP contribution in [0.15, 0.2) is 83.4 Å². The lowest BCUT2D eigenvalue weighted by Gasteiger charge is -2.27. The standard InChI is InChI=1S/C26H23N5O6S2/c1-36-22-11-10-16(15-19(22)29-39(2,34)35)30-25(24(28-26(30)38)18-8-5-6-14-27-18)23-13-12-21(37-23)17-7-3-4-9-20(17)31(32)33/h3-15,24-25,29H,1-2H3,(H,28,38)/t24-,25+/m1/s1. The van der Waals surface area contributed by atoms with E-state index in [9.17, 15) is 18.5 Å². The number of benzene rings is 2. The zero-order chi connectivity index (χ0) is 27.7. The van der Waals surface area contributed by atoms with Gasteiger partial charge < -0.3 is 19.4 Å². The predicted molar refractivity (Wildman–Crippen MR) is 150 cm³/mol. The van der Waals surface area contributed by atoms with E-state index in [1.165, 1.54) is 13.2 Å². The molecule has 3 heterocycles. The molecule has 1 saturated heterocycles. The van der Waals surface area contributed by atoms with Crippen LogP contribution < -0.4 is 19.7 Å². The minimum absolute atomic E-state index is 0.0803. The van der Waals surface area contributed by atoms with Gasteiger partial charge in [-0.05, 0) is 60.7 Å². The van der Waals surface area contributed by atoms with E-state index in [1.807, 2.05) is 12.1 Å².